The van der Waals surface area contributed by atoms with E-state index < -0.39 is 0 Å². The van der Waals surface area contributed by atoms with Crippen LogP contribution in [0.4, 0.5) is 5.69 Å². The van der Waals surface area contributed by atoms with Crippen LogP contribution < -0.4 is 15.0 Å². The third kappa shape index (κ3) is 4.04. The van der Waals surface area contributed by atoms with Crippen molar-refractivity contribution < 1.29 is 14.3 Å². The molecule has 26 heavy (non-hydrogen) atoms. The lowest BCUT2D eigenvalue weighted by Crippen LogP contribution is -2.37. The second kappa shape index (κ2) is 8.03. The molecule has 2 aromatic rings. The molecule has 7 nitrogen and oxygen atoms in total. The number of methoxy groups -OCH3 is 1. The van der Waals surface area contributed by atoms with Crippen LogP contribution in [0.1, 0.15) is 42.4 Å². The molecule has 2 amide bonds. The molecule has 1 aliphatic rings. The van der Waals surface area contributed by atoms with Crippen molar-refractivity contribution in [3.8, 4) is 5.75 Å². The molecule has 3 rings (SSSR count). The first-order valence-electron chi connectivity index (χ1n) is 8.90. The van der Waals surface area contributed by atoms with Gasteiger partial charge >= 0.3 is 0 Å². The summed E-state index contributed by atoms with van der Waals surface area (Å²) >= 11 is 0. The smallest absolute Gasteiger partial charge is 0.272 e. The molecule has 1 aliphatic heterocycles. The number of H-pyrrole nitrogens is 1. The van der Waals surface area contributed by atoms with Crippen molar-refractivity contribution in [2.24, 2.45) is 0 Å². The SMILES string of the molecule is CCCCc1cc(C(=O)N[C@@H]2CC(=O)N(c3cccc(OC)c3)C2)n[nH]1. The number of ether oxygens (including phenoxy) is 1. The second-order valence-electron chi connectivity index (χ2n) is 6.46. The molecule has 0 radical (unpaired) electrons. The van der Waals surface area contributed by atoms with E-state index in [1.165, 1.54) is 0 Å². The minimum Gasteiger partial charge on any atom is -0.497 e. The quantitative estimate of drug-likeness (QED) is 0.797. The Morgan fingerprint density at radius 3 is 3.04 bits per heavy atom. The minimum absolute atomic E-state index is 0.0192. The molecule has 1 fully saturated rings. The fourth-order valence-electron chi connectivity index (χ4n) is 3.06. The van der Waals surface area contributed by atoms with Crippen LogP contribution in [0.25, 0.3) is 0 Å². The van der Waals surface area contributed by atoms with Gasteiger partial charge in [-0.1, -0.05) is 19.4 Å². The van der Waals surface area contributed by atoms with Gasteiger partial charge in [-0.3, -0.25) is 14.7 Å². The Hall–Kier alpha value is -2.83. The van der Waals surface area contributed by atoms with E-state index in [0.717, 1.165) is 30.6 Å². The maximum Gasteiger partial charge on any atom is 0.272 e. The standard InChI is InChI=1S/C19H24N4O3/c1-3-4-6-13-9-17(22-21-13)19(25)20-14-10-18(24)23(12-14)15-7-5-8-16(11-15)26-2/h5,7-9,11,14H,3-4,6,10,12H2,1-2H3,(H,20,25)(H,21,22)/t14-/m1/s1. The number of hydrogen-bond donors (Lipinski definition) is 2. The van der Waals surface area contributed by atoms with Crippen molar-refractivity contribution in [2.75, 3.05) is 18.6 Å². The van der Waals surface area contributed by atoms with E-state index in [-0.39, 0.29) is 24.3 Å². The van der Waals surface area contributed by atoms with Crippen LogP contribution in [0.3, 0.4) is 0 Å². The van der Waals surface area contributed by atoms with Gasteiger partial charge in [-0.25, -0.2) is 0 Å². The van der Waals surface area contributed by atoms with E-state index >= 15 is 0 Å². The van der Waals surface area contributed by atoms with Crippen LogP contribution in [0.2, 0.25) is 0 Å². The molecule has 1 saturated heterocycles. The first-order valence-corrected chi connectivity index (χ1v) is 8.90. The number of unbranched alkanes of at least 4 members (excludes halogenated alkanes) is 1. The van der Waals surface area contributed by atoms with Crippen LogP contribution in [-0.2, 0) is 11.2 Å². The van der Waals surface area contributed by atoms with Crippen LogP contribution in [0.5, 0.6) is 5.75 Å². The van der Waals surface area contributed by atoms with Crippen molar-refractivity contribution in [3.05, 3.63) is 41.7 Å². The molecule has 0 aliphatic carbocycles. The molecule has 1 atom stereocenters. The molecule has 0 saturated carbocycles. The molecule has 2 heterocycles. The van der Waals surface area contributed by atoms with Gasteiger partial charge in [0, 0.05) is 30.4 Å². The van der Waals surface area contributed by atoms with Gasteiger partial charge in [0.15, 0.2) is 0 Å². The van der Waals surface area contributed by atoms with Crippen molar-refractivity contribution in [1.29, 1.82) is 0 Å². The van der Waals surface area contributed by atoms with E-state index in [9.17, 15) is 9.59 Å². The zero-order chi connectivity index (χ0) is 18.5. The van der Waals surface area contributed by atoms with Crippen molar-refractivity contribution in [3.63, 3.8) is 0 Å². The summed E-state index contributed by atoms with van der Waals surface area (Å²) in [4.78, 5) is 26.4. The third-order valence-electron chi connectivity index (χ3n) is 4.49. The first kappa shape index (κ1) is 18.0. The van der Waals surface area contributed by atoms with Crippen LogP contribution >= 0.6 is 0 Å². The van der Waals surface area contributed by atoms with E-state index in [1.807, 2.05) is 24.3 Å². The maximum atomic E-state index is 12.4. The summed E-state index contributed by atoms with van der Waals surface area (Å²) in [6.07, 6.45) is 3.29. The number of nitrogens with one attached hydrogen (secondary N) is 2. The fraction of sp³-hybridized carbons (Fsp3) is 0.421. The lowest BCUT2D eigenvalue weighted by atomic mass is 10.2. The van der Waals surface area contributed by atoms with Crippen LogP contribution in [-0.4, -0.2) is 41.7 Å². The summed E-state index contributed by atoms with van der Waals surface area (Å²) in [6.45, 7) is 2.56. The van der Waals surface area contributed by atoms with E-state index in [0.29, 0.717) is 18.0 Å². The second-order valence-corrected chi connectivity index (χ2v) is 6.46. The maximum absolute atomic E-state index is 12.4. The summed E-state index contributed by atoms with van der Waals surface area (Å²) in [5, 5.41) is 9.89. The molecule has 0 unspecified atom stereocenters. The summed E-state index contributed by atoms with van der Waals surface area (Å²) in [5.41, 5.74) is 2.09. The average molecular weight is 356 g/mol. The molecule has 1 aromatic carbocycles. The zero-order valence-corrected chi connectivity index (χ0v) is 15.1. The molecular weight excluding hydrogens is 332 g/mol. The number of rotatable bonds is 7. The predicted octanol–water partition coefficient (Wildman–Crippen LogP) is 2.30. The van der Waals surface area contributed by atoms with Crippen molar-refractivity contribution >= 4 is 17.5 Å². The largest absolute Gasteiger partial charge is 0.497 e. The van der Waals surface area contributed by atoms with Gasteiger partial charge in [0.05, 0.1) is 13.2 Å². The molecule has 0 spiro atoms. The molecule has 2 N–H and O–H groups in total. The highest BCUT2D eigenvalue weighted by molar-refractivity contribution is 5.98. The number of nitrogens with zero attached hydrogens (tertiary/aromatic N) is 2. The molecular formula is C19H24N4O3. The number of benzene rings is 1. The van der Waals surface area contributed by atoms with Gasteiger partial charge in [0.1, 0.15) is 11.4 Å². The highest BCUT2D eigenvalue weighted by atomic mass is 16.5. The lowest BCUT2D eigenvalue weighted by molar-refractivity contribution is -0.117. The van der Waals surface area contributed by atoms with Gasteiger partial charge in [-0.2, -0.15) is 5.10 Å². The van der Waals surface area contributed by atoms with Crippen molar-refractivity contribution in [2.45, 2.75) is 38.6 Å². The molecule has 1 aromatic heterocycles. The normalized spacial score (nSPS) is 16.8. The number of aromatic nitrogens is 2. The monoisotopic (exact) mass is 356 g/mol. The number of aryl methyl sites for hydroxylation is 1. The Bertz CT molecular complexity index is 787. The highest BCUT2D eigenvalue weighted by Gasteiger charge is 2.32. The number of anilines is 1. The number of carbonyl (C=O) groups is 2. The topological polar surface area (TPSA) is 87.3 Å². The summed E-state index contributed by atoms with van der Waals surface area (Å²) < 4.78 is 5.21. The summed E-state index contributed by atoms with van der Waals surface area (Å²) in [6, 6.07) is 8.89. The summed E-state index contributed by atoms with van der Waals surface area (Å²) in [7, 11) is 1.59. The Kier molecular flexibility index (Phi) is 5.55. The van der Waals surface area contributed by atoms with E-state index in [1.54, 1.807) is 18.1 Å². The molecule has 138 valence electrons. The average Bonchev–Trinajstić information content (AvgIpc) is 3.26. The Morgan fingerprint density at radius 1 is 1.42 bits per heavy atom. The van der Waals surface area contributed by atoms with E-state index in [2.05, 4.69) is 22.4 Å². The van der Waals surface area contributed by atoms with Crippen LogP contribution in [0.15, 0.2) is 30.3 Å². The van der Waals surface area contributed by atoms with E-state index in [4.69, 9.17) is 4.74 Å². The number of aromatic amines is 1. The number of carbonyl (C=O) groups excluding carboxylic acids is 2. The Balaban J connectivity index is 1.61. The van der Waals surface area contributed by atoms with Crippen LogP contribution in [0, 0.1) is 0 Å². The number of amides is 2. The first-order chi connectivity index (χ1) is 12.6. The lowest BCUT2D eigenvalue weighted by Gasteiger charge is -2.17. The summed E-state index contributed by atoms with van der Waals surface area (Å²) in [5.74, 6) is 0.419. The predicted molar refractivity (Wildman–Crippen MR) is 98.4 cm³/mol. The van der Waals surface area contributed by atoms with Crippen molar-refractivity contribution in [1.82, 2.24) is 15.5 Å². The third-order valence-corrected chi connectivity index (χ3v) is 4.49. The molecule has 0 bridgehead atoms. The van der Waals surface area contributed by atoms with Gasteiger partial charge in [0.25, 0.3) is 5.91 Å². The molecule has 7 heteroatoms. The fourth-order valence-corrected chi connectivity index (χ4v) is 3.06. The van der Waals surface area contributed by atoms with Gasteiger partial charge in [-0.05, 0) is 31.0 Å². The Morgan fingerprint density at radius 2 is 2.27 bits per heavy atom. The zero-order valence-electron chi connectivity index (χ0n) is 15.1. The van der Waals surface area contributed by atoms with Gasteiger partial charge in [0.2, 0.25) is 5.91 Å². The van der Waals surface area contributed by atoms with Gasteiger partial charge in [-0.15, -0.1) is 0 Å². The number of hydrogen-bond acceptors (Lipinski definition) is 4. The highest BCUT2D eigenvalue weighted by Crippen LogP contribution is 2.25. The van der Waals surface area contributed by atoms with Gasteiger partial charge < -0.3 is 15.0 Å². The minimum atomic E-state index is -0.255. The Labute approximate surface area is 152 Å².